The zero-order valence-corrected chi connectivity index (χ0v) is 23.4. The van der Waals surface area contributed by atoms with Crippen LogP contribution in [0.3, 0.4) is 0 Å². The van der Waals surface area contributed by atoms with Gasteiger partial charge in [-0.1, -0.05) is 30.7 Å². The fourth-order valence-corrected chi connectivity index (χ4v) is 6.00. The first-order valence-corrected chi connectivity index (χ1v) is 14.6. The lowest BCUT2D eigenvalue weighted by atomic mass is 9.90. The van der Waals surface area contributed by atoms with Crippen LogP contribution < -0.4 is 16.4 Å². The zero-order chi connectivity index (χ0) is 29.1. The molecule has 10 heteroatoms. The Bertz CT molecular complexity index is 1650. The molecule has 0 spiro atoms. The van der Waals surface area contributed by atoms with E-state index in [1.54, 1.807) is 12.1 Å². The number of pyridine rings is 2. The number of fused-ring (bicyclic) bond motifs is 3. The van der Waals surface area contributed by atoms with E-state index in [2.05, 4.69) is 37.4 Å². The van der Waals surface area contributed by atoms with Gasteiger partial charge in [0.15, 0.2) is 0 Å². The second kappa shape index (κ2) is 12.1. The maximum absolute atomic E-state index is 13.5. The molecule has 4 N–H and O–H groups in total. The molecule has 1 saturated carbocycles. The Kier molecular flexibility index (Phi) is 7.94. The number of anilines is 2. The first-order valence-electron chi connectivity index (χ1n) is 14.6. The third kappa shape index (κ3) is 5.88. The fourth-order valence-electron chi connectivity index (χ4n) is 6.00. The SMILES string of the molecule is Nc1ncc2c3c1c(-c1ccc(C(=O)Nc4cc(F)ccn4)cc1)nn3[C@@H]1CCC[C@H](C1)NC(=O)CCCCCC=C2. The molecule has 1 aromatic carbocycles. The summed E-state index contributed by atoms with van der Waals surface area (Å²) in [5.41, 5.74) is 10.3. The molecule has 2 bridgehead atoms. The van der Waals surface area contributed by atoms with E-state index >= 15 is 0 Å². The number of carbonyl (C=O) groups is 2. The summed E-state index contributed by atoms with van der Waals surface area (Å²) in [4.78, 5) is 33.9. The molecule has 3 aromatic heterocycles. The lowest BCUT2D eigenvalue weighted by molar-refractivity contribution is -0.122. The van der Waals surface area contributed by atoms with Crippen molar-refractivity contribution in [1.82, 2.24) is 25.1 Å². The first-order chi connectivity index (χ1) is 20.5. The average Bonchev–Trinajstić information content (AvgIpc) is 3.39. The van der Waals surface area contributed by atoms with Gasteiger partial charge >= 0.3 is 0 Å². The minimum Gasteiger partial charge on any atom is -0.383 e. The van der Waals surface area contributed by atoms with Gasteiger partial charge in [0, 0.05) is 47.6 Å². The molecule has 4 heterocycles. The number of nitrogens with two attached hydrogens (primary N) is 1. The van der Waals surface area contributed by atoms with E-state index in [1.807, 2.05) is 18.3 Å². The molecule has 42 heavy (non-hydrogen) atoms. The van der Waals surface area contributed by atoms with Gasteiger partial charge in [-0.05, 0) is 63.1 Å². The van der Waals surface area contributed by atoms with E-state index in [9.17, 15) is 14.0 Å². The normalized spacial score (nSPS) is 19.5. The van der Waals surface area contributed by atoms with Crippen LogP contribution in [0.5, 0.6) is 0 Å². The highest BCUT2D eigenvalue weighted by molar-refractivity contribution is 6.06. The molecule has 2 amide bonds. The van der Waals surface area contributed by atoms with Gasteiger partial charge < -0.3 is 16.4 Å². The number of nitrogens with one attached hydrogen (secondary N) is 2. The molecule has 2 aliphatic rings. The number of nitrogens with zero attached hydrogens (tertiary/aromatic N) is 4. The van der Waals surface area contributed by atoms with Gasteiger partial charge in [-0.2, -0.15) is 5.10 Å². The summed E-state index contributed by atoms with van der Waals surface area (Å²) >= 11 is 0. The van der Waals surface area contributed by atoms with Crippen LogP contribution in [-0.4, -0.2) is 37.6 Å². The highest BCUT2D eigenvalue weighted by Crippen LogP contribution is 2.39. The Labute approximate surface area is 243 Å². The molecule has 2 atom stereocenters. The molecule has 4 aromatic rings. The third-order valence-corrected chi connectivity index (χ3v) is 8.10. The van der Waals surface area contributed by atoms with E-state index < -0.39 is 11.7 Å². The predicted molar refractivity (Wildman–Crippen MR) is 161 cm³/mol. The van der Waals surface area contributed by atoms with Crippen molar-refractivity contribution in [1.29, 1.82) is 0 Å². The van der Waals surface area contributed by atoms with Crippen LogP contribution >= 0.6 is 0 Å². The summed E-state index contributed by atoms with van der Waals surface area (Å²) in [7, 11) is 0. The molecule has 1 aliphatic heterocycles. The van der Waals surface area contributed by atoms with E-state index in [1.165, 1.54) is 18.3 Å². The van der Waals surface area contributed by atoms with Crippen LogP contribution in [0, 0.1) is 5.82 Å². The largest absolute Gasteiger partial charge is 0.383 e. The molecule has 1 fully saturated rings. The van der Waals surface area contributed by atoms with Crippen LogP contribution in [0.15, 0.2) is 54.9 Å². The maximum Gasteiger partial charge on any atom is 0.256 e. The van der Waals surface area contributed by atoms with Gasteiger partial charge in [-0.3, -0.25) is 14.3 Å². The Morgan fingerprint density at radius 1 is 1.07 bits per heavy atom. The van der Waals surface area contributed by atoms with Crippen molar-refractivity contribution in [3.63, 3.8) is 0 Å². The monoisotopic (exact) mass is 567 g/mol. The number of halogens is 1. The molecule has 9 nitrogen and oxygen atoms in total. The van der Waals surface area contributed by atoms with Crippen molar-refractivity contribution < 1.29 is 14.0 Å². The van der Waals surface area contributed by atoms with Crippen molar-refractivity contribution in [3.8, 4) is 11.3 Å². The fraction of sp³-hybridized carbons (Fsp3) is 0.344. The number of hydrogen-bond donors (Lipinski definition) is 3. The van der Waals surface area contributed by atoms with Crippen molar-refractivity contribution >= 4 is 40.4 Å². The van der Waals surface area contributed by atoms with Gasteiger partial charge in [-0.15, -0.1) is 0 Å². The quantitative estimate of drug-likeness (QED) is 0.277. The highest BCUT2D eigenvalue weighted by atomic mass is 19.1. The Hall–Kier alpha value is -4.60. The molecular formula is C32H34FN7O2. The van der Waals surface area contributed by atoms with Crippen LogP contribution in [0.25, 0.3) is 28.2 Å². The van der Waals surface area contributed by atoms with E-state index in [0.29, 0.717) is 23.5 Å². The summed E-state index contributed by atoms with van der Waals surface area (Å²) in [6.45, 7) is 0. The van der Waals surface area contributed by atoms with Crippen LogP contribution in [0.4, 0.5) is 16.0 Å². The lowest BCUT2D eigenvalue weighted by Crippen LogP contribution is -2.39. The molecule has 1 aliphatic carbocycles. The zero-order valence-electron chi connectivity index (χ0n) is 23.4. The van der Waals surface area contributed by atoms with E-state index in [4.69, 9.17) is 10.8 Å². The van der Waals surface area contributed by atoms with Crippen molar-refractivity contribution in [2.24, 2.45) is 0 Å². The molecule has 216 valence electrons. The predicted octanol–water partition coefficient (Wildman–Crippen LogP) is 6.04. The lowest BCUT2D eigenvalue weighted by Gasteiger charge is -2.30. The number of hydrogen-bond acceptors (Lipinski definition) is 6. The van der Waals surface area contributed by atoms with Crippen molar-refractivity contribution in [2.45, 2.75) is 69.9 Å². The maximum atomic E-state index is 13.5. The number of allylic oxidation sites excluding steroid dienone is 1. The van der Waals surface area contributed by atoms with Crippen molar-refractivity contribution in [3.05, 3.63) is 71.8 Å². The minimum absolute atomic E-state index is 0.0863. The number of rotatable bonds is 3. The molecule has 0 saturated heterocycles. The standard InChI is InChI=1S/C32H34FN7O2/c33-23-15-16-35-26(17-23)38-32(42)21-13-11-20(12-14-21)29-28-30-22(19-36-31(28)34)7-4-2-1-3-5-10-27(41)37-24-8-6-9-25(18-24)40(30)39-29/h4,7,11-17,19,24-25H,1-3,5-6,8-10,18H2,(H2,34,36)(H,37,41)(H,35,38,42)/t24-,25-/m1/s1. The number of aromatic nitrogens is 4. The first kappa shape index (κ1) is 27.6. The van der Waals surface area contributed by atoms with Gasteiger partial charge in [0.05, 0.1) is 16.9 Å². The summed E-state index contributed by atoms with van der Waals surface area (Å²) in [5.74, 6) is -0.216. The van der Waals surface area contributed by atoms with Gasteiger partial charge in [-0.25, -0.2) is 14.4 Å². The molecule has 6 rings (SSSR count). The number of amides is 2. The molecule has 0 unspecified atom stereocenters. The summed E-state index contributed by atoms with van der Waals surface area (Å²) in [5, 5.41) is 11.8. The second-order valence-electron chi connectivity index (χ2n) is 11.1. The van der Waals surface area contributed by atoms with Gasteiger partial charge in [0.25, 0.3) is 5.91 Å². The van der Waals surface area contributed by atoms with Gasteiger partial charge in [0.1, 0.15) is 23.1 Å². The highest BCUT2D eigenvalue weighted by Gasteiger charge is 2.29. The summed E-state index contributed by atoms with van der Waals surface area (Å²) in [6.07, 6.45) is 15.5. The topological polar surface area (TPSA) is 128 Å². The van der Waals surface area contributed by atoms with E-state index in [0.717, 1.165) is 73.4 Å². The Morgan fingerprint density at radius 2 is 1.93 bits per heavy atom. The smallest absolute Gasteiger partial charge is 0.256 e. The molecule has 0 radical (unpaired) electrons. The number of nitrogen functional groups attached to an aromatic ring is 1. The van der Waals surface area contributed by atoms with Crippen molar-refractivity contribution in [2.75, 3.05) is 11.1 Å². The van der Waals surface area contributed by atoms with Crippen LogP contribution in [0.1, 0.15) is 79.8 Å². The van der Waals surface area contributed by atoms with Crippen LogP contribution in [0.2, 0.25) is 0 Å². The number of carbonyl (C=O) groups excluding carboxylic acids is 2. The summed E-state index contributed by atoms with van der Waals surface area (Å²) in [6, 6.07) is 9.64. The van der Waals surface area contributed by atoms with Crippen LogP contribution in [-0.2, 0) is 4.79 Å². The molecular weight excluding hydrogens is 533 g/mol. The number of benzene rings is 1. The Morgan fingerprint density at radius 3 is 2.76 bits per heavy atom. The second-order valence-corrected chi connectivity index (χ2v) is 11.1. The minimum atomic E-state index is -0.478. The van der Waals surface area contributed by atoms with E-state index in [-0.39, 0.29) is 23.8 Å². The average molecular weight is 568 g/mol. The van der Waals surface area contributed by atoms with Gasteiger partial charge in [0.2, 0.25) is 5.91 Å². The Balaban J connectivity index is 1.38. The summed E-state index contributed by atoms with van der Waals surface area (Å²) < 4.78 is 15.6. The third-order valence-electron chi connectivity index (χ3n) is 8.10.